The van der Waals surface area contributed by atoms with Crippen LogP contribution >= 0.6 is 0 Å². The maximum Gasteiger partial charge on any atom is 0.322 e. The number of anilines is 1. The fraction of sp³-hybridized carbons (Fsp3) is 0.421. The number of hydrogen-bond donors (Lipinski definition) is 1. The Morgan fingerprint density at radius 1 is 1.31 bits per heavy atom. The number of ether oxygens (including phenoxy) is 1. The number of carbonyl (C=O) groups is 1. The van der Waals surface area contributed by atoms with Gasteiger partial charge in [-0.3, -0.25) is 0 Å². The summed E-state index contributed by atoms with van der Waals surface area (Å²) in [5.74, 6) is 0.400. The van der Waals surface area contributed by atoms with Crippen molar-refractivity contribution in [3.05, 3.63) is 53.9 Å². The molecule has 1 aromatic carbocycles. The van der Waals surface area contributed by atoms with Gasteiger partial charge in [-0.1, -0.05) is 32.9 Å². The van der Waals surface area contributed by atoms with Crippen LogP contribution in [0.2, 0.25) is 0 Å². The first-order valence-electron chi connectivity index (χ1n) is 8.58. The van der Waals surface area contributed by atoms with Crippen LogP contribution in [0.25, 0.3) is 0 Å². The topological polar surface area (TPSA) is 67.4 Å². The Kier molecular flexibility index (Phi) is 5.18. The lowest BCUT2D eigenvalue weighted by Gasteiger charge is -2.33. The van der Waals surface area contributed by atoms with E-state index in [4.69, 9.17) is 4.74 Å². The largest absolute Gasteiger partial charge is 0.370 e. The average molecular weight is 358 g/mol. The van der Waals surface area contributed by atoms with E-state index in [1.54, 1.807) is 29.4 Å². The van der Waals surface area contributed by atoms with E-state index in [2.05, 4.69) is 15.3 Å². The van der Waals surface area contributed by atoms with Crippen LogP contribution < -0.4 is 5.32 Å². The van der Waals surface area contributed by atoms with Crippen molar-refractivity contribution >= 4 is 11.7 Å². The van der Waals surface area contributed by atoms with Gasteiger partial charge in [-0.2, -0.15) is 0 Å². The van der Waals surface area contributed by atoms with E-state index in [-0.39, 0.29) is 23.4 Å². The fourth-order valence-electron chi connectivity index (χ4n) is 2.72. The molecule has 1 aliphatic heterocycles. The molecule has 6 nitrogen and oxygen atoms in total. The van der Waals surface area contributed by atoms with Gasteiger partial charge >= 0.3 is 6.03 Å². The number of benzene rings is 1. The smallest absolute Gasteiger partial charge is 0.322 e. The van der Waals surface area contributed by atoms with Gasteiger partial charge in [0.05, 0.1) is 31.2 Å². The molecule has 2 aromatic rings. The highest BCUT2D eigenvalue weighted by Gasteiger charge is 2.26. The number of nitrogens with one attached hydrogen (secondary N) is 1. The number of nitrogens with zero attached hydrogens (tertiary/aromatic N) is 3. The summed E-state index contributed by atoms with van der Waals surface area (Å²) in [6.45, 7) is 7.31. The van der Waals surface area contributed by atoms with Crippen molar-refractivity contribution in [1.82, 2.24) is 14.9 Å². The minimum atomic E-state index is -0.343. The SMILES string of the molecule is CC(C)(C)c1ncc(NC(=O)N2CCOC(c3cccc(F)c3)C2)cn1. The number of amides is 2. The number of urea groups is 1. The van der Waals surface area contributed by atoms with Gasteiger partial charge in [0.2, 0.25) is 0 Å². The average Bonchev–Trinajstić information content (AvgIpc) is 2.61. The summed E-state index contributed by atoms with van der Waals surface area (Å²) in [4.78, 5) is 22.8. The first-order valence-corrected chi connectivity index (χ1v) is 8.58. The number of carbonyl (C=O) groups excluding carboxylic acids is 1. The van der Waals surface area contributed by atoms with Crippen molar-refractivity contribution in [1.29, 1.82) is 0 Å². The molecule has 138 valence electrons. The lowest BCUT2D eigenvalue weighted by molar-refractivity contribution is -0.0136. The number of halogens is 1. The number of hydrogen-bond acceptors (Lipinski definition) is 4. The Morgan fingerprint density at radius 2 is 2.04 bits per heavy atom. The van der Waals surface area contributed by atoms with Crippen molar-refractivity contribution in [3.8, 4) is 0 Å². The Labute approximate surface area is 152 Å². The Morgan fingerprint density at radius 3 is 2.69 bits per heavy atom. The van der Waals surface area contributed by atoms with E-state index >= 15 is 0 Å². The molecule has 1 unspecified atom stereocenters. The van der Waals surface area contributed by atoms with Crippen molar-refractivity contribution in [3.63, 3.8) is 0 Å². The molecule has 3 rings (SSSR count). The number of rotatable bonds is 2. The molecule has 0 radical (unpaired) electrons. The van der Waals surface area contributed by atoms with E-state index in [1.165, 1.54) is 12.1 Å². The highest BCUT2D eigenvalue weighted by atomic mass is 19.1. The lowest BCUT2D eigenvalue weighted by atomic mass is 9.96. The second-order valence-electron chi connectivity index (χ2n) is 7.34. The highest BCUT2D eigenvalue weighted by Crippen LogP contribution is 2.23. The quantitative estimate of drug-likeness (QED) is 0.892. The third-order valence-electron chi connectivity index (χ3n) is 4.15. The predicted octanol–water partition coefficient (Wildman–Crippen LogP) is 3.52. The summed E-state index contributed by atoms with van der Waals surface area (Å²) in [6.07, 6.45) is 2.87. The zero-order chi connectivity index (χ0) is 18.7. The minimum Gasteiger partial charge on any atom is -0.370 e. The van der Waals surface area contributed by atoms with Gasteiger partial charge in [-0.25, -0.2) is 19.2 Å². The van der Waals surface area contributed by atoms with Crippen LogP contribution in [0.15, 0.2) is 36.7 Å². The Hall–Kier alpha value is -2.54. The summed E-state index contributed by atoms with van der Waals surface area (Å²) < 4.78 is 19.1. The number of morpholine rings is 1. The number of aromatic nitrogens is 2. The molecule has 1 N–H and O–H groups in total. The van der Waals surface area contributed by atoms with Crippen LogP contribution in [0.1, 0.15) is 38.3 Å². The third kappa shape index (κ3) is 4.35. The molecule has 1 aliphatic rings. The van der Waals surface area contributed by atoms with Crippen LogP contribution in [-0.2, 0) is 10.2 Å². The molecule has 1 aromatic heterocycles. The standard InChI is InChI=1S/C19H23FN4O2/c1-19(2,3)17-21-10-15(11-22-17)23-18(25)24-7-8-26-16(12-24)13-5-4-6-14(20)9-13/h4-6,9-11,16H,7-8,12H2,1-3H3,(H,23,25). The van der Waals surface area contributed by atoms with Crippen molar-refractivity contribution in [2.45, 2.75) is 32.3 Å². The summed E-state index contributed by atoms with van der Waals surface area (Å²) in [6, 6.07) is 6.01. The van der Waals surface area contributed by atoms with Crippen molar-refractivity contribution in [2.24, 2.45) is 0 Å². The molecule has 26 heavy (non-hydrogen) atoms. The van der Waals surface area contributed by atoms with Gasteiger partial charge in [-0.15, -0.1) is 0 Å². The van der Waals surface area contributed by atoms with E-state index in [0.717, 1.165) is 5.56 Å². The molecule has 0 saturated carbocycles. The maximum absolute atomic E-state index is 13.4. The molecule has 2 amide bonds. The molecule has 0 spiro atoms. The van der Waals surface area contributed by atoms with E-state index in [0.29, 0.717) is 31.2 Å². The van der Waals surface area contributed by atoms with Gasteiger partial charge in [0.1, 0.15) is 17.7 Å². The van der Waals surface area contributed by atoms with Gasteiger partial charge < -0.3 is 15.0 Å². The molecule has 1 saturated heterocycles. The first-order chi connectivity index (χ1) is 12.3. The van der Waals surface area contributed by atoms with Gasteiger partial charge in [0, 0.05) is 12.0 Å². The van der Waals surface area contributed by atoms with E-state index in [9.17, 15) is 9.18 Å². The van der Waals surface area contributed by atoms with Gasteiger partial charge in [0.15, 0.2) is 0 Å². The molecule has 1 atom stereocenters. The van der Waals surface area contributed by atoms with Crippen LogP contribution in [0, 0.1) is 5.82 Å². The second kappa shape index (κ2) is 7.37. The Bertz CT molecular complexity index is 774. The van der Waals surface area contributed by atoms with Crippen LogP contribution in [-0.4, -0.2) is 40.6 Å². The second-order valence-corrected chi connectivity index (χ2v) is 7.34. The maximum atomic E-state index is 13.4. The van der Waals surface area contributed by atoms with Crippen LogP contribution in [0.4, 0.5) is 14.9 Å². The van der Waals surface area contributed by atoms with E-state index in [1.807, 2.05) is 20.8 Å². The van der Waals surface area contributed by atoms with Crippen LogP contribution in [0.3, 0.4) is 0 Å². The summed E-state index contributed by atoms with van der Waals surface area (Å²) >= 11 is 0. The molecule has 2 heterocycles. The lowest BCUT2D eigenvalue weighted by Crippen LogP contribution is -2.44. The molecular weight excluding hydrogens is 335 g/mol. The van der Waals surface area contributed by atoms with Crippen LogP contribution in [0.5, 0.6) is 0 Å². The predicted molar refractivity (Wildman–Crippen MR) is 96.4 cm³/mol. The zero-order valence-electron chi connectivity index (χ0n) is 15.2. The third-order valence-corrected chi connectivity index (χ3v) is 4.15. The highest BCUT2D eigenvalue weighted by molar-refractivity contribution is 5.89. The zero-order valence-corrected chi connectivity index (χ0v) is 15.2. The fourth-order valence-corrected chi connectivity index (χ4v) is 2.72. The van der Waals surface area contributed by atoms with E-state index < -0.39 is 0 Å². The van der Waals surface area contributed by atoms with Gasteiger partial charge in [-0.05, 0) is 17.7 Å². The molecule has 0 bridgehead atoms. The first kappa shape index (κ1) is 18.3. The minimum absolute atomic E-state index is 0.148. The molecule has 0 aliphatic carbocycles. The molecule has 7 heteroatoms. The molecular formula is C19H23FN4O2. The summed E-state index contributed by atoms with van der Waals surface area (Å²) in [7, 11) is 0. The van der Waals surface area contributed by atoms with Gasteiger partial charge in [0.25, 0.3) is 0 Å². The normalized spacial score (nSPS) is 17.8. The Balaban J connectivity index is 1.64. The summed E-state index contributed by atoms with van der Waals surface area (Å²) in [5, 5.41) is 2.81. The molecule has 1 fully saturated rings. The van der Waals surface area contributed by atoms with Crippen molar-refractivity contribution < 1.29 is 13.9 Å². The van der Waals surface area contributed by atoms with Crippen molar-refractivity contribution in [2.75, 3.05) is 25.0 Å². The monoisotopic (exact) mass is 358 g/mol. The summed E-state index contributed by atoms with van der Waals surface area (Å²) in [5.41, 5.74) is 1.11.